The summed E-state index contributed by atoms with van der Waals surface area (Å²) in [6.45, 7) is 8.62. The molecule has 3 saturated heterocycles. The van der Waals surface area contributed by atoms with Gasteiger partial charge in [0, 0.05) is 57.9 Å². The second-order valence-corrected chi connectivity index (χ2v) is 8.71. The molecule has 0 spiro atoms. The minimum Gasteiger partial charge on any atom is -0.379 e. The lowest BCUT2D eigenvalue weighted by Gasteiger charge is -2.39. The van der Waals surface area contributed by atoms with E-state index in [4.69, 9.17) is 16.3 Å². The van der Waals surface area contributed by atoms with Crippen LogP contribution in [0.15, 0.2) is 18.3 Å². The number of morpholine rings is 1. The molecule has 3 fully saturated rings. The monoisotopic (exact) mass is 406 g/mol. The predicted molar refractivity (Wildman–Crippen MR) is 111 cm³/mol. The van der Waals surface area contributed by atoms with Crippen LogP contribution in [0.3, 0.4) is 0 Å². The summed E-state index contributed by atoms with van der Waals surface area (Å²) < 4.78 is 5.44. The third-order valence-electron chi connectivity index (χ3n) is 6.43. The molecule has 4 rings (SSSR count). The Hall–Kier alpha value is -1.37. The summed E-state index contributed by atoms with van der Waals surface area (Å²) in [5, 5.41) is 0.658. The largest absolute Gasteiger partial charge is 0.379 e. The van der Waals surface area contributed by atoms with Crippen molar-refractivity contribution in [1.82, 2.24) is 14.8 Å². The molecular weight excluding hydrogens is 376 g/mol. The Morgan fingerprint density at radius 1 is 1.04 bits per heavy atom. The minimum atomic E-state index is 0.166. The molecule has 6 nitrogen and oxygen atoms in total. The number of nitrogens with zero attached hydrogens (tertiary/aromatic N) is 4. The number of rotatable bonds is 4. The number of hydrogen-bond donors (Lipinski definition) is 0. The first-order chi connectivity index (χ1) is 13.7. The molecular formula is C21H31ClN4O2. The fourth-order valence-electron chi connectivity index (χ4n) is 4.65. The van der Waals surface area contributed by atoms with Gasteiger partial charge in [-0.3, -0.25) is 9.69 Å². The van der Waals surface area contributed by atoms with Gasteiger partial charge in [-0.25, -0.2) is 4.98 Å². The van der Waals surface area contributed by atoms with Gasteiger partial charge in [-0.15, -0.1) is 0 Å². The van der Waals surface area contributed by atoms with Crippen LogP contribution in [0.4, 0.5) is 5.82 Å². The highest BCUT2D eigenvalue weighted by Gasteiger charge is 2.31. The molecule has 0 atom stereocenters. The maximum absolute atomic E-state index is 13.0. The van der Waals surface area contributed by atoms with Crippen LogP contribution in [0, 0.1) is 11.8 Å². The molecule has 0 unspecified atom stereocenters. The summed E-state index contributed by atoms with van der Waals surface area (Å²) in [5.74, 6) is 2.21. The quantitative estimate of drug-likeness (QED) is 0.769. The molecule has 0 N–H and O–H groups in total. The number of likely N-dealkylation sites (tertiary alicyclic amines) is 1. The van der Waals surface area contributed by atoms with Crippen molar-refractivity contribution in [3.05, 3.63) is 23.4 Å². The van der Waals surface area contributed by atoms with E-state index in [1.54, 1.807) is 6.20 Å². The van der Waals surface area contributed by atoms with Crippen molar-refractivity contribution >= 4 is 23.3 Å². The standard InChI is InChI=1S/C21H31ClN4O2/c22-19-1-2-20(23-15-19)25-9-5-18(6-10-25)21(27)26-7-3-17(4-8-26)16-24-11-13-28-14-12-24/h1-2,15,17-18H,3-14,16H2. The Balaban J connectivity index is 1.21. The van der Waals surface area contributed by atoms with Crippen LogP contribution < -0.4 is 4.90 Å². The molecule has 3 aliphatic rings. The number of ether oxygens (including phenoxy) is 1. The van der Waals surface area contributed by atoms with E-state index in [9.17, 15) is 4.79 Å². The van der Waals surface area contributed by atoms with Gasteiger partial charge in [-0.1, -0.05) is 11.6 Å². The van der Waals surface area contributed by atoms with E-state index in [1.807, 2.05) is 12.1 Å². The molecule has 0 aromatic carbocycles. The number of carbonyl (C=O) groups excluding carboxylic acids is 1. The van der Waals surface area contributed by atoms with Crippen LogP contribution in [-0.4, -0.2) is 79.7 Å². The Kier molecular flexibility index (Phi) is 6.70. The van der Waals surface area contributed by atoms with Crippen molar-refractivity contribution in [3.8, 4) is 0 Å². The van der Waals surface area contributed by atoms with Gasteiger partial charge in [0.05, 0.1) is 18.2 Å². The molecule has 1 aromatic heterocycles. The van der Waals surface area contributed by atoms with Crippen LogP contribution in [-0.2, 0) is 9.53 Å². The van der Waals surface area contributed by atoms with E-state index in [0.29, 0.717) is 10.9 Å². The van der Waals surface area contributed by atoms with Crippen molar-refractivity contribution in [2.45, 2.75) is 25.7 Å². The first-order valence-electron chi connectivity index (χ1n) is 10.6. The predicted octanol–water partition coefficient (Wildman–Crippen LogP) is 2.52. The van der Waals surface area contributed by atoms with Crippen LogP contribution in [0.1, 0.15) is 25.7 Å². The number of carbonyl (C=O) groups is 1. The second-order valence-electron chi connectivity index (χ2n) is 8.28. The first-order valence-corrected chi connectivity index (χ1v) is 11.0. The molecule has 1 aromatic rings. The zero-order valence-corrected chi connectivity index (χ0v) is 17.3. The molecule has 0 bridgehead atoms. The number of pyridine rings is 1. The zero-order valence-electron chi connectivity index (χ0n) is 16.6. The fraction of sp³-hybridized carbons (Fsp3) is 0.714. The van der Waals surface area contributed by atoms with Crippen molar-refractivity contribution < 1.29 is 9.53 Å². The van der Waals surface area contributed by atoms with Gasteiger partial charge >= 0.3 is 0 Å². The Morgan fingerprint density at radius 2 is 1.75 bits per heavy atom. The van der Waals surface area contributed by atoms with Crippen molar-refractivity contribution in [3.63, 3.8) is 0 Å². The van der Waals surface area contributed by atoms with Crippen LogP contribution in [0.25, 0.3) is 0 Å². The smallest absolute Gasteiger partial charge is 0.225 e. The molecule has 154 valence electrons. The lowest BCUT2D eigenvalue weighted by molar-refractivity contribution is -0.137. The number of anilines is 1. The molecule has 0 aliphatic carbocycles. The number of piperidine rings is 2. The van der Waals surface area contributed by atoms with Gasteiger partial charge in [-0.05, 0) is 43.7 Å². The minimum absolute atomic E-state index is 0.166. The molecule has 28 heavy (non-hydrogen) atoms. The van der Waals surface area contributed by atoms with Gasteiger partial charge in [-0.2, -0.15) is 0 Å². The molecule has 3 aliphatic heterocycles. The van der Waals surface area contributed by atoms with Gasteiger partial charge in [0.1, 0.15) is 5.82 Å². The van der Waals surface area contributed by atoms with Gasteiger partial charge in [0.2, 0.25) is 5.91 Å². The van der Waals surface area contributed by atoms with E-state index < -0.39 is 0 Å². The molecule has 0 saturated carbocycles. The number of hydrogen-bond acceptors (Lipinski definition) is 5. The van der Waals surface area contributed by atoms with Gasteiger partial charge in [0.15, 0.2) is 0 Å². The molecule has 0 radical (unpaired) electrons. The summed E-state index contributed by atoms with van der Waals surface area (Å²) >= 11 is 5.93. The summed E-state index contributed by atoms with van der Waals surface area (Å²) in [6, 6.07) is 3.84. The number of halogens is 1. The summed E-state index contributed by atoms with van der Waals surface area (Å²) in [7, 11) is 0. The van der Waals surface area contributed by atoms with Crippen molar-refractivity contribution in [2.75, 3.05) is 63.9 Å². The second kappa shape index (κ2) is 9.42. The van der Waals surface area contributed by atoms with E-state index in [-0.39, 0.29) is 5.92 Å². The molecule has 1 amide bonds. The van der Waals surface area contributed by atoms with E-state index in [1.165, 1.54) is 0 Å². The zero-order chi connectivity index (χ0) is 19.3. The van der Waals surface area contributed by atoms with Crippen molar-refractivity contribution in [1.29, 1.82) is 0 Å². The lowest BCUT2D eigenvalue weighted by atomic mass is 9.91. The van der Waals surface area contributed by atoms with Crippen LogP contribution in [0.5, 0.6) is 0 Å². The first kappa shape index (κ1) is 19.9. The maximum Gasteiger partial charge on any atom is 0.225 e. The fourth-order valence-corrected chi connectivity index (χ4v) is 4.77. The Morgan fingerprint density at radius 3 is 2.39 bits per heavy atom. The topological polar surface area (TPSA) is 48.9 Å². The third kappa shape index (κ3) is 4.97. The Bertz CT molecular complexity index is 634. The maximum atomic E-state index is 13.0. The molecule has 7 heteroatoms. The van der Waals surface area contributed by atoms with E-state index >= 15 is 0 Å². The summed E-state index contributed by atoms with van der Waals surface area (Å²) in [6.07, 6.45) is 5.79. The lowest BCUT2D eigenvalue weighted by Crippen LogP contribution is -2.47. The normalized spacial score (nSPS) is 23.2. The average Bonchev–Trinajstić information content (AvgIpc) is 2.75. The molecule has 4 heterocycles. The van der Waals surface area contributed by atoms with Gasteiger partial charge < -0.3 is 14.5 Å². The van der Waals surface area contributed by atoms with Crippen LogP contribution >= 0.6 is 11.6 Å². The van der Waals surface area contributed by atoms with Crippen LogP contribution in [0.2, 0.25) is 5.02 Å². The highest BCUT2D eigenvalue weighted by molar-refractivity contribution is 6.30. The summed E-state index contributed by atoms with van der Waals surface area (Å²) in [4.78, 5) is 24.3. The Labute approximate surface area is 172 Å². The highest BCUT2D eigenvalue weighted by atomic mass is 35.5. The number of amides is 1. The number of aromatic nitrogens is 1. The SMILES string of the molecule is O=C(C1CCN(c2ccc(Cl)cn2)CC1)N1CCC(CN2CCOCC2)CC1. The van der Waals surface area contributed by atoms with Gasteiger partial charge in [0.25, 0.3) is 0 Å². The third-order valence-corrected chi connectivity index (χ3v) is 6.65. The van der Waals surface area contributed by atoms with E-state index in [2.05, 4.69) is 19.7 Å². The summed E-state index contributed by atoms with van der Waals surface area (Å²) in [5.41, 5.74) is 0. The van der Waals surface area contributed by atoms with Crippen molar-refractivity contribution in [2.24, 2.45) is 11.8 Å². The highest BCUT2D eigenvalue weighted by Crippen LogP contribution is 2.26. The van der Waals surface area contributed by atoms with E-state index in [0.717, 1.165) is 96.4 Å². The average molecular weight is 407 g/mol.